The van der Waals surface area contributed by atoms with Gasteiger partial charge >= 0.3 is 5.97 Å². The minimum absolute atomic E-state index is 0.106. The van der Waals surface area contributed by atoms with Crippen molar-refractivity contribution in [2.24, 2.45) is 0 Å². The standard InChI is InChI=1S/C15H17NO3S2/c17-13(18)9-16(12-5-6-12)14(19)10-1-3-11(4-2-10)15-20-7-8-21-15/h1-4,12,15H,5-9H2,(H,17,18). The average Bonchev–Trinajstić information content (AvgIpc) is 3.18. The van der Waals surface area contributed by atoms with E-state index < -0.39 is 5.97 Å². The highest BCUT2D eigenvalue weighted by Gasteiger charge is 2.34. The van der Waals surface area contributed by atoms with E-state index >= 15 is 0 Å². The molecule has 1 amide bonds. The van der Waals surface area contributed by atoms with Crippen LogP contribution in [0.25, 0.3) is 0 Å². The topological polar surface area (TPSA) is 57.6 Å². The molecular weight excluding hydrogens is 306 g/mol. The third kappa shape index (κ3) is 3.55. The second-order valence-electron chi connectivity index (χ2n) is 5.25. The maximum Gasteiger partial charge on any atom is 0.323 e. The summed E-state index contributed by atoms with van der Waals surface area (Å²) in [5.74, 6) is 1.22. The highest BCUT2D eigenvalue weighted by atomic mass is 32.2. The number of carbonyl (C=O) groups is 2. The van der Waals surface area contributed by atoms with Crippen LogP contribution >= 0.6 is 23.5 Å². The summed E-state index contributed by atoms with van der Waals surface area (Å²) in [6.07, 6.45) is 1.82. The van der Waals surface area contributed by atoms with Crippen LogP contribution in [0.3, 0.4) is 0 Å². The van der Waals surface area contributed by atoms with E-state index in [4.69, 9.17) is 5.11 Å². The minimum Gasteiger partial charge on any atom is -0.480 e. The molecule has 0 spiro atoms. The van der Waals surface area contributed by atoms with Crippen LogP contribution in [0.5, 0.6) is 0 Å². The fourth-order valence-electron chi connectivity index (χ4n) is 2.40. The van der Waals surface area contributed by atoms with E-state index in [9.17, 15) is 9.59 Å². The number of carboxylic acid groups (broad SMARTS) is 1. The van der Waals surface area contributed by atoms with Gasteiger partial charge in [-0.05, 0) is 30.5 Å². The van der Waals surface area contributed by atoms with Crippen LogP contribution in [0.4, 0.5) is 0 Å². The summed E-state index contributed by atoms with van der Waals surface area (Å²) in [6.45, 7) is -0.209. The van der Waals surface area contributed by atoms with E-state index in [1.54, 1.807) is 0 Å². The van der Waals surface area contributed by atoms with Gasteiger partial charge in [-0.2, -0.15) is 0 Å². The van der Waals surface area contributed by atoms with Gasteiger partial charge in [0.2, 0.25) is 0 Å². The van der Waals surface area contributed by atoms with Crippen LogP contribution in [-0.2, 0) is 4.79 Å². The van der Waals surface area contributed by atoms with Gasteiger partial charge < -0.3 is 10.0 Å². The number of carbonyl (C=O) groups excluding carboxylic acids is 1. The van der Waals surface area contributed by atoms with Gasteiger partial charge in [-0.25, -0.2) is 0 Å². The molecule has 1 aliphatic heterocycles. The number of benzene rings is 1. The molecule has 0 aromatic heterocycles. The zero-order valence-electron chi connectivity index (χ0n) is 11.5. The number of thioether (sulfide) groups is 2. The van der Waals surface area contributed by atoms with Crippen LogP contribution in [0.1, 0.15) is 33.3 Å². The van der Waals surface area contributed by atoms with E-state index in [-0.39, 0.29) is 18.5 Å². The second-order valence-corrected chi connectivity index (χ2v) is 7.98. The van der Waals surface area contributed by atoms with Crippen molar-refractivity contribution in [3.8, 4) is 0 Å². The van der Waals surface area contributed by atoms with Crippen molar-refractivity contribution in [2.45, 2.75) is 23.5 Å². The lowest BCUT2D eigenvalue weighted by atomic mass is 10.1. The van der Waals surface area contributed by atoms with E-state index in [1.807, 2.05) is 47.8 Å². The fourth-order valence-corrected chi connectivity index (χ4v) is 5.26. The third-order valence-electron chi connectivity index (χ3n) is 3.61. The van der Waals surface area contributed by atoms with Crippen molar-refractivity contribution in [1.82, 2.24) is 4.90 Å². The first-order valence-corrected chi connectivity index (χ1v) is 9.11. The summed E-state index contributed by atoms with van der Waals surface area (Å²) >= 11 is 3.86. The van der Waals surface area contributed by atoms with Crippen molar-refractivity contribution in [1.29, 1.82) is 0 Å². The highest BCUT2D eigenvalue weighted by Crippen LogP contribution is 2.45. The van der Waals surface area contributed by atoms with E-state index in [0.717, 1.165) is 12.8 Å². The monoisotopic (exact) mass is 323 g/mol. The van der Waals surface area contributed by atoms with Crippen LogP contribution in [-0.4, -0.2) is 46.0 Å². The van der Waals surface area contributed by atoms with Crippen LogP contribution in [0, 0.1) is 0 Å². The van der Waals surface area contributed by atoms with Crippen molar-refractivity contribution in [2.75, 3.05) is 18.1 Å². The molecule has 1 heterocycles. The summed E-state index contributed by atoms with van der Waals surface area (Å²) in [5, 5.41) is 8.94. The van der Waals surface area contributed by atoms with Crippen LogP contribution in [0.15, 0.2) is 24.3 Å². The maximum atomic E-state index is 12.4. The summed E-state index contributed by atoms with van der Waals surface area (Å²) < 4.78 is 0.465. The average molecular weight is 323 g/mol. The van der Waals surface area contributed by atoms with Crippen LogP contribution in [0.2, 0.25) is 0 Å². The number of rotatable bonds is 5. The molecule has 0 unspecified atom stereocenters. The Balaban J connectivity index is 1.72. The lowest BCUT2D eigenvalue weighted by Crippen LogP contribution is -2.37. The first-order valence-electron chi connectivity index (χ1n) is 7.01. The maximum absolute atomic E-state index is 12.4. The minimum atomic E-state index is -0.953. The van der Waals surface area contributed by atoms with Gasteiger partial charge in [-0.3, -0.25) is 9.59 Å². The Morgan fingerprint density at radius 2 is 1.76 bits per heavy atom. The third-order valence-corrected chi connectivity index (χ3v) is 6.71. The van der Waals surface area contributed by atoms with Gasteiger partial charge in [-0.1, -0.05) is 12.1 Å². The molecule has 1 aliphatic carbocycles. The van der Waals surface area contributed by atoms with Crippen LogP contribution < -0.4 is 0 Å². The molecule has 0 radical (unpaired) electrons. The molecule has 2 aliphatic rings. The lowest BCUT2D eigenvalue weighted by Gasteiger charge is -2.20. The Morgan fingerprint density at radius 3 is 2.29 bits per heavy atom. The molecule has 2 fully saturated rings. The number of hydrogen-bond donors (Lipinski definition) is 1. The number of carboxylic acids is 1. The molecule has 0 atom stereocenters. The molecular formula is C15H17NO3S2. The predicted octanol–water partition coefficient (Wildman–Crippen LogP) is 2.85. The molecule has 6 heteroatoms. The second kappa shape index (κ2) is 6.32. The lowest BCUT2D eigenvalue weighted by molar-refractivity contribution is -0.137. The molecule has 0 bridgehead atoms. The van der Waals surface area contributed by atoms with Crippen molar-refractivity contribution >= 4 is 35.4 Å². The van der Waals surface area contributed by atoms with Gasteiger partial charge in [-0.15, -0.1) is 23.5 Å². The van der Waals surface area contributed by atoms with Gasteiger partial charge in [0.25, 0.3) is 5.91 Å². The van der Waals surface area contributed by atoms with Crippen molar-refractivity contribution < 1.29 is 14.7 Å². The quantitative estimate of drug-likeness (QED) is 0.903. The first-order chi connectivity index (χ1) is 10.1. The molecule has 112 valence electrons. The van der Waals surface area contributed by atoms with Crippen molar-refractivity contribution in [3.05, 3.63) is 35.4 Å². The summed E-state index contributed by atoms with van der Waals surface area (Å²) in [7, 11) is 0. The Bertz CT molecular complexity index is 536. The summed E-state index contributed by atoms with van der Waals surface area (Å²) in [4.78, 5) is 24.8. The summed E-state index contributed by atoms with van der Waals surface area (Å²) in [5.41, 5.74) is 1.81. The Hall–Kier alpha value is -1.14. The van der Waals surface area contributed by atoms with Crippen molar-refractivity contribution in [3.63, 3.8) is 0 Å². The van der Waals surface area contributed by atoms with E-state index in [2.05, 4.69) is 0 Å². The smallest absolute Gasteiger partial charge is 0.323 e. The van der Waals surface area contributed by atoms with E-state index in [1.165, 1.54) is 22.0 Å². The number of amides is 1. The Morgan fingerprint density at radius 1 is 1.14 bits per heavy atom. The van der Waals surface area contributed by atoms with Gasteiger partial charge in [0.05, 0.1) is 4.58 Å². The van der Waals surface area contributed by atoms with Gasteiger partial charge in [0.15, 0.2) is 0 Å². The molecule has 3 rings (SSSR count). The molecule has 1 aromatic carbocycles. The predicted molar refractivity (Wildman–Crippen MR) is 85.8 cm³/mol. The van der Waals surface area contributed by atoms with Gasteiger partial charge in [0.1, 0.15) is 6.54 Å². The molecule has 1 N–H and O–H groups in total. The zero-order valence-corrected chi connectivity index (χ0v) is 13.2. The summed E-state index contributed by atoms with van der Waals surface area (Å²) in [6, 6.07) is 7.75. The molecule has 4 nitrogen and oxygen atoms in total. The van der Waals surface area contributed by atoms with E-state index in [0.29, 0.717) is 10.1 Å². The molecule has 21 heavy (non-hydrogen) atoms. The first kappa shape index (κ1) is 14.8. The fraction of sp³-hybridized carbons (Fsp3) is 0.467. The Labute approximate surface area is 132 Å². The zero-order chi connectivity index (χ0) is 14.8. The largest absolute Gasteiger partial charge is 0.480 e. The number of nitrogens with zero attached hydrogens (tertiary/aromatic N) is 1. The highest BCUT2D eigenvalue weighted by molar-refractivity contribution is 8.19. The normalized spacial score (nSPS) is 18.7. The molecule has 1 saturated heterocycles. The SMILES string of the molecule is O=C(O)CN(C(=O)c1ccc(C2SCCS2)cc1)C1CC1. The molecule has 1 saturated carbocycles. The van der Waals surface area contributed by atoms with Gasteiger partial charge in [0, 0.05) is 23.1 Å². The number of aliphatic carboxylic acids is 1. The molecule has 1 aromatic rings. The number of hydrogen-bond acceptors (Lipinski definition) is 4. The Kier molecular flexibility index (Phi) is 4.45.